The monoisotopic (exact) mass is 293 g/mol. The number of amides is 1. The number of hydrogen-bond acceptors (Lipinski definition) is 2. The van der Waals surface area contributed by atoms with Crippen LogP contribution in [0.1, 0.15) is 68.2 Å². The fourth-order valence-electron chi connectivity index (χ4n) is 4.15. The summed E-state index contributed by atoms with van der Waals surface area (Å²) in [5.74, 6) is 0.606. The Hall–Kier alpha value is -0.880. The molecular weight excluding hydrogens is 260 g/mol. The quantitative estimate of drug-likeness (QED) is 0.796. The summed E-state index contributed by atoms with van der Waals surface area (Å²) in [5.41, 5.74) is 0.0163. The molecule has 0 aromatic carbocycles. The normalized spacial score (nSPS) is 29.5. The van der Waals surface area contributed by atoms with Gasteiger partial charge in [-0.1, -0.05) is 34.6 Å². The summed E-state index contributed by atoms with van der Waals surface area (Å²) < 4.78 is 0. The van der Waals surface area contributed by atoms with Gasteiger partial charge in [-0.15, -0.1) is 0 Å². The maximum absolute atomic E-state index is 12.8. The second kappa shape index (κ2) is 5.72. The molecule has 1 N–H and O–H groups in total. The maximum atomic E-state index is 12.8. The topological polar surface area (TPSA) is 45.3 Å². The van der Waals surface area contributed by atoms with Gasteiger partial charge in [-0.3, -0.25) is 4.90 Å². The Morgan fingerprint density at radius 3 is 2.24 bits per heavy atom. The minimum atomic E-state index is -0.405. The van der Waals surface area contributed by atoms with Crippen molar-refractivity contribution >= 4 is 5.91 Å². The van der Waals surface area contributed by atoms with E-state index in [0.29, 0.717) is 5.92 Å². The van der Waals surface area contributed by atoms with E-state index in [1.807, 2.05) is 20.8 Å². The summed E-state index contributed by atoms with van der Waals surface area (Å²) in [7, 11) is 0. The number of nitriles is 1. The van der Waals surface area contributed by atoms with Crippen LogP contribution in [-0.4, -0.2) is 18.5 Å². The van der Waals surface area contributed by atoms with Gasteiger partial charge in [-0.2, -0.15) is 5.26 Å². The first-order chi connectivity index (χ1) is 9.32. The molecule has 3 unspecified atom stereocenters. The van der Waals surface area contributed by atoms with E-state index in [4.69, 9.17) is 0 Å². The molecule has 0 aromatic rings. The second-order valence-electron chi connectivity index (χ2n) is 9.37. The van der Waals surface area contributed by atoms with Gasteiger partial charge < -0.3 is 0 Å². The molecule has 3 atom stereocenters. The average molecular weight is 293 g/mol. The zero-order chi connectivity index (χ0) is 16.6. The van der Waals surface area contributed by atoms with Crippen LogP contribution in [-0.2, 0) is 4.79 Å². The number of quaternary nitrogens is 1. The third-order valence-corrected chi connectivity index (χ3v) is 5.23. The van der Waals surface area contributed by atoms with Crippen LogP contribution in [0.3, 0.4) is 0 Å². The Morgan fingerprint density at radius 1 is 1.29 bits per heavy atom. The van der Waals surface area contributed by atoms with Crippen molar-refractivity contribution in [1.29, 1.82) is 5.26 Å². The van der Waals surface area contributed by atoms with Gasteiger partial charge in [0.05, 0.1) is 11.5 Å². The van der Waals surface area contributed by atoms with Crippen molar-refractivity contribution in [1.82, 2.24) is 0 Å². The van der Waals surface area contributed by atoms with Gasteiger partial charge in [0.25, 0.3) is 0 Å². The number of carbonyl (C=O) groups is 1. The molecule has 1 saturated carbocycles. The summed E-state index contributed by atoms with van der Waals surface area (Å²) in [6.45, 7) is 17.6. The summed E-state index contributed by atoms with van der Waals surface area (Å²) in [5, 5.41) is 9.21. The number of carbonyl (C=O) groups excluding carboxylic acids is 1. The molecular formula is C18H33N2O+. The molecule has 0 heterocycles. The average Bonchev–Trinajstić information content (AvgIpc) is 2.27. The Morgan fingerprint density at radius 2 is 1.81 bits per heavy atom. The van der Waals surface area contributed by atoms with E-state index in [9.17, 15) is 10.1 Å². The van der Waals surface area contributed by atoms with Gasteiger partial charge in [0, 0.05) is 12.3 Å². The van der Waals surface area contributed by atoms with Crippen LogP contribution in [0.5, 0.6) is 0 Å². The fourth-order valence-corrected chi connectivity index (χ4v) is 4.15. The molecule has 3 heteroatoms. The highest BCUT2D eigenvalue weighted by Crippen LogP contribution is 2.48. The zero-order valence-corrected chi connectivity index (χ0v) is 15.1. The molecule has 1 aliphatic carbocycles. The molecule has 120 valence electrons. The molecule has 0 radical (unpaired) electrons. The predicted molar refractivity (Wildman–Crippen MR) is 85.7 cm³/mol. The molecule has 1 aliphatic rings. The van der Waals surface area contributed by atoms with E-state index in [1.165, 1.54) is 6.42 Å². The van der Waals surface area contributed by atoms with Crippen molar-refractivity contribution in [2.75, 3.05) is 6.54 Å². The second-order valence-corrected chi connectivity index (χ2v) is 9.37. The Balaban J connectivity index is 3.17. The van der Waals surface area contributed by atoms with Crippen molar-refractivity contribution in [3.63, 3.8) is 0 Å². The van der Waals surface area contributed by atoms with Crippen molar-refractivity contribution < 1.29 is 9.69 Å². The van der Waals surface area contributed by atoms with Crippen LogP contribution in [0.25, 0.3) is 0 Å². The third kappa shape index (κ3) is 4.07. The van der Waals surface area contributed by atoms with E-state index in [1.54, 1.807) is 0 Å². The van der Waals surface area contributed by atoms with Gasteiger partial charge in [-0.25, -0.2) is 4.79 Å². The van der Waals surface area contributed by atoms with E-state index in [2.05, 4.69) is 40.7 Å². The summed E-state index contributed by atoms with van der Waals surface area (Å²) in [6, 6.07) is 2.47. The minimum absolute atomic E-state index is 0.175. The molecule has 0 spiro atoms. The Bertz CT molecular complexity index is 437. The molecule has 0 saturated heterocycles. The molecule has 0 bridgehead atoms. The van der Waals surface area contributed by atoms with E-state index in [0.717, 1.165) is 11.3 Å². The SMILES string of the molecule is CC1C([NH+](CC#N)C(=O)C(C)(C)C)CC(C)(C)CC1(C)C. The van der Waals surface area contributed by atoms with Crippen LogP contribution in [0.2, 0.25) is 0 Å². The predicted octanol–water partition coefficient (Wildman–Crippen LogP) is 2.82. The summed E-state index contributed by atoms with van der Waals surface area (Å²) in [4.78, 5) is 13.7. The van der Waals surface area contributed by atoms with E-state index >= 15 is 0 Å². The van der Waals surface area contributed by atoms with Crippen molar-refractivity contribution in [3.8, 4) is 6.07 Å². The lowest BCUT2D eigenvalue weighted by atomic mass is 9.58. The molecule has 1 rings (SSSR count). The standard InChI is InChI=1S/C18H32N2O/c1-13-14(11-17(5,6)12-18(13,7)8)20(10-9-19)15(21)16(2,3)4/h13-14H,10-12H2,1-8H3/p+1. The van der Waals surface area contributed by atoms with Crippen LogP contribution >= 0.6 is 0 Å². The fraction of sp³-hybridized carbons (Fsp3) is 0.889. The van der Waals surface area contributed by atoms with Crippen molar-refractivity contribution in [2.24, 2.45) is 22.2 Å². The van der Waals surface area contributed by atoms with Gasteiger partial charge >= 0.3 is 5.91 Å². The van der Waals surface area contributed by atoms with Crippen LogP contribution in [0.4, 0.5) is 0 Å². The number of nitrogens with one attached hydrogen (secondary N) is 1. The number of hydrogen-bond donors (Lipinski definition) is 1. The first kappa shape index (κ1) is 18.2. The van der Waals surface area contributed by atoms with Gasteiger partial charge in [0.2, 0.25) is 0 Å². The number of rotatable bonds is 2. The first-order valence-corrected chi connectivity index (χ1v) is 8.09. The number of nitrogens with zero attached hydrogens (tertiary/aromatic N) is 1. The minimum Gasteiger partial charge on any atom is -0.257 e. The lowest BCUT2D eigenvalue weighted by Crippen LogP contribution is -3.20. The van der Waals surface area contributed by atoms with Crippen LogP contribution < -0.4 is 4.90 Å². The van der Waals surface area contributed by atoms with Crippen molar-refractivity contribution in [2.45, 2.75) is 74.3 Å². The van der Waals surface area contributed by atoms with Gasteiger partial charge in [0.15, 0.2) is 6.54 Å². The molecule has 3 nitrogen and oxygen atoms in total. The van der Waals surface area contributed by atoms with Gasteiger partial charge in [-0.05, 0) is 38.0 Å². The summed E-state index contributed by atoms with van der Waals surface area (Å²) >= 11 is 0. The third-order valence-electron chi connectivity index (χ3n) is 5.23. The summed E-state index contributed by atoms with van der Waals surface area (Å²) in [6.07, 6.45) is 2.18. The Labute approximate surface area is 130 Å². The molecule has 1 fully saturated rings. The highest BCUT2D eigenvalue weighted by atomic mass is 16.2. The smallest absolute Gasteiger partial charge is 0.257 e. The van der Waals surface area contributed by atoms with E-state index < -0.39 is 5.41 Å². The zero-order valence-electron chi connectivity index (χ0n) is 15.1. The maximum Gasteiger partial charge on any atom is 0.318 e. The highest BCUT2D eigenvalue weighted by Gasteiger charge is 2.50. The highest BCUT2D eigenvalue weighted by molar-refractivity contribution is 5.73. The lowest BCUT2D eigenvalue weighted by molar-refractivity contribution is -0.852. The van der Waals surface area contributed by atoms with Crippen LogP contribution in [0, 0.1) is 33.5 Å². The van der Waals surface area contributed by atoms with Gasteiger partial charge in [0.1, 0.15) is 6.07 Å². The first-order valence-electron chi connectivity index (χ1n) is 8.09. The molecule has 1 amide bonds. The Kier molecular flexibility index (Phi) is 4.95. The lowest BCUT2D eigenvalue weighted by Gasteiger charge is -2.50. The van der Waals surface area contributed by atoms with E-state index in [-0.39, 0.29) is 29.3 Å². The molecule has 0 aliphatic heterocycles. The van der Waals surface area contributed by atoms with Crippen molar-refractivity contribution in [3.05, 3.63) is 0 Å². The largest absolute Gasteiger partial charge is 0.318 e. The van der Waals surface area contributed by atoms with Crippen LogP contribution in [0.15, 0.2) is 0 Å². The molecule has 0 aromatic heterocycles. The molecule has 21 heavy (non-hydrogen) atoms.